The lowest BCUT2D eigenvalue weighted by Crippen LogP contribution is -2.25. The molecule has 3 rings (SSSR count). The highest BCUT2D eigenvalue weighted by molar-refractivity contribution is 6.08. The first kappa shape index (κ1) is 25.0. The van der Waals surface area contributed by atoms with Gasteiger partial charge in [-0.25, -0.2) is 4.79 Å². The van der Waals surface area contributed by atoms with Crippen molar-refractivity contribution < 1.29 is 27.5 Å². The number of aryl methyl sites for hydroxylation is 2. The quantitative estimate of drug-likeness (QED) is 0.409. The second-order valence-electron chi connectivity index (χ2n) is 8.90. The Morgan fingerprint density at radius 3 is 2.00 bits per heavy atom. The zero-order valence-electron chi connectivity index (χ0n) is 19.2. The van der Waals surface area contributed by atoms with Crippen molar-refractivity contribution in [1.29, 1.82) is 0 Å². The van der Waals surface area contributed by atoms with Crippen LogP contribution in [0.5, 0.6) is 0 Å². The third kappa shape index (κ3) is 6.94. The topological polar surface area (TPSA) is 55.4 Å². The molecule has 0 aromatic heterocycles. The molecule has 0 aliphatic heterocycles. The van der Waals surface area contributed by atoms with Gasteiger partial charge in [-0.2, -0.15) is 13.2 Å². The number of halogens is 3. The SMILES string of the molecule is CC(C)(C)OC(=O)c1ccc(CCc2ccc(C(F)(F)F)cc2)cc1NC(=O)c1ccccc1. The fourth-order valence-electron chi connectivity index (χ4n) is 3.29. The van der Waals surface area contributed by atoms with Crippen molar-refractivity contribution in [3.8, 4) is 0 Å². The molecule has 0 heterocycles. The third-order valence-corrected chi connectivity index (χ3v) is 4.97. The van der Waals surface area contributed by atoms with Crippen LogP contribution in [-0.4, -0.2) is 17.5 Å². The molecule has 3 aromatic rings. The Kier molecular flexibility index (Phi) is 7.44. The van der Waals surface area contributed by atoms with E-state index >= 15 is 0 Å². The number of alkyl halides is 3. The summed E-state index contributed by atoms with van der Waals surface area (Å²) < 4.78 is 43.8. The Balaban J connectivity index is 1.82. The van der Waals surface area contributed by atoms with Crippen LogP contribution in [0, 0.1) is 0 Å². The van der Waals surface area contributed by atoms with Crippen LogP contribution in [0.4, 0.5) is 18.9 Å². The molecule has 1 amide bonds. The van der Waals surface area contributed by atoms with E-state index in [1.54, 1.807) is 69.3 Å². The highest BCUT2D eigenvalue weighted by atomic mass is 19.4. The van der Waals surface area contributed by atoms with Crippen LogP contribution >= 0.6 is 0 Å². The van der Waals surface area contributed by atoms with Gasteiger partial charge >= 0.3 is 12.1 Å². The van der Waals surface area contributed by atoms with Gasteiger partial charge in [0, 0.05) is 5.56 Å². The molecular weight excluding hydrogens is 443 g/mol. The van der Waals surface area contributed by atoms with Gasteiger partial charge in [0.2, 0.25) is 0 Å². The van der Waals surface area contributed by atoms with E-state index in [9.17, 15) is 22.8 Å². The van der Waals surface area contributed by atoms with Crippen molar-refractivity contribution in [3.63, 3.8) is 0 Å². The minimum absolute atomic E-state index is 0.220. The number of carbonyl (C=O) groups excluding carboxylic acids is 2. The molecule has 178 valence electrons. The second kappa shape index (κ2) is 10.1. The van der Waals surface area contributed by atoms with Crippen molar-refractivity contribution in [2.24, 2.45) is 0 Å². The van der Waals surface area contributed by atoms with Crippen molar-refractivity contribution in [3.05, 3.63) is 101 Å². The van der Waals surface area contributed by atoms with Gasteiger partial charge < -0.3 is 10.1 Å². The van der Waals surface area contributed by atoms with E-state index in [4.69, 9.17) is 4.74 Å². The number of carbonyl (C=O) groups is 2. The molecule has 0 spiro atoms. The maximum atomic E-state index is 12.8. The fraction of sp³-hybridized carbons (Fsp3) is 0.259. The smallest absolute Gasteiger partial charge is 0.416 e. The predicted octanol–water partition coefficient (Wildman–Crippen LogP) is 6.70. The van der Waals surface area contributed by atoms with Crippen LogP contribution < -0.4 is 5.32 Å². The van der Waals surface area contributed by atoms with Crippen molar-refractivity contribution >= 4 is 17.6 Å². The molecule has 0 aliphatic carbocycles. The summed E-state index contributed by atoms with van der Waals surface area (Å²) in [4.78, 5) is 25.5. The summed E-state index contributed by atoms with van der Waals surface area (Å²) in [7, 11) is 0. The van der Waals surface area contributed by atoms with Gasteiger partial charge in [0.25, 0.3) is 5.91 Å². The van der Waals surface area contributed by atoms with Crippen LogP contribution in [-0.2, 0) is 23.8 Å². The summed E-state index contributed by atoms with van der Waals surface area (Å²) in [5, 5.41) is 2.79. The molecule has 34 heavy (non-hydrogen) atoms. The van der Waals surface area contributed by atoms with Crippen LogP contribution in [0.2, 0.25) is 0 Å². The normalized spacial score (nSPS) is 11.7. The lowest BCUT2D eigenvalue weighted by Gasteiger charge is -2.21. The van der Waals surface area contributed by atoms with E-state index in [1.807, 2.05) is 0 Å². The molecular formula is C27H26F3NO3. The van der Waals surface area contributed by atoms with Crippen molar-refractivity contribution in [1.82, 2.24) is 0 Å². The minimum Gasteiger partial charge on any atom is -0.456 e. The lowest BCUT2D eigenvalue weighted by molar-refractivity contribution is -0.137. The average Bonchev–Trinajstić information content (AvgIpc) is 2.77. The number of nitrogens with one attached hydrogen (secondary N) is 1. The zero-order chi connectivity index (χ0) is 24.9. The van der Waals surface area contributed by atoms with Crippen molar-refractivity contribution in [2.45, 2.75) is 45.4 Å². The minimum atomic E-state index is -4.37. The Morgan fingerprint density at radius 1 is 0.824 bits per heavy atom. The van der Waals surface area contributed by atoms with E-state index in [0.717, 1.165) is 23.3 Å². The molecule has 0 saturated heterocycles. The van der Waals surface area contributed by atoms with Gasteiger partial charge in [0.05, 0.1) is 16.8 Å². The summed E-state index contributed by atoms with van der Waals surface area (Å²) in [5.74, 6) is -0.935. The number of benzene rings is 3. The summed E-state index contributed by atoms with van der Waals surface area (Å²) in [5.41, 5.74) is 1.14. The largest absolute Gasteiger partial charge is 0.456 e. The van der Waals surface area contributed by atoms with Gasteiger partial charge in [0.1, 0.15) is 5.60 Å². The van der Waals surface area contributed by atoms with E-state index in [0.29, 0.717) is 24.1 Å². The maximum absolute atomic E-state index is 12.8. The van der Waals surface area contributed by atoms with Crippen LogP contribution in [0.25, 0.3) is 0 Å². The van der Waals surface area contributed by atoms with Gasteiger partial charge in [-0.05, 0) is 81.1 Å². The lowest BCUT2D eigenvalue weighted by atomic mass is 10.0. The number of ether oxygens (including phenoxy) is 1. The van der Waals surface area contributed by atoms with E-state index < -0.39 is 23.3 Å². The fourth-order valence-corrected chi connectivity index (χ4v) is 3.29. The maximum Gasteiger partial charge on any atom is 0.416 e. The Labute approximate surface area is 196 Å². The first-order valence-electron chi connectivity index (χ1n) is 10.8. The van der Waals surface area contributed by atoms with Crippen LogP contribution in [0.3, 0.4) is 0 Å². The molecule has 0 fully saturated rings. The third-order valence-electron chi connectivity index (χ3n) is 4.97. The van der Waals surface area contributed by atoms with E-state index in [-0.39, 0.29) is 11.5 Å². The van der Waals surface area contributed by atoms with Gasteiger partial charge in [0.15, 0.2) is 0 Å². The van der Waals surface area contributed by atoms with Gasteiger partial charge in [-0.15, -0.1) is 0 Å². The molecule has 0 aliphatic rings. The second-order valence-corrected chi connectivity index (χ2v) is 8.90. The highest BCUT2D eigenvalue weighted by Crippen LogP contribution is 2.29. The van der Waals surface area contributed by atoms with Crippen LogP contribution in [0.15, 0.2) is 72.8 Å². The van der Waals surface area contributed by atoms with Crippen LogP contribution in [0.1, 0.15) is 58.2 Å². The predicted molar refractivity (Wildman–Crippen MR) is 125 cm³/mol. The summed E-state index contributed by atoms with van der Waals surface area (Å²) in [6.07, 6.45) is -3.37. The average molecular weight is 470 g/mol. The molecule has 0 atom stereocenters. The zero-order valence-corrected chi connectivity index (χ0v) is 19.2. The first-order valence-corrected chi connectivity index (χ1v) is 10.8. The van der Waals surface area contributed by atoms with Gasteiger partial charge in [-0.3, -0.25) is 4.79 Å². The number of amides is 1. The number of hydrogen-bond acceptors (Lipinski definition) is 3. The Morgan fingerprint density at radius 2 is 1.41 bits per heavy atom. The monoisotopic (exact) mass is 469 g/mol. The molecule has 0 unspecified atom stereocenters. The first-order chi connectivity index (χ1) is 15.9. The number of esters is 1. The molecule has 1 N–H and O–H groups in total. The number of rotatable bonds is 6. The van der Waals surface area contributed by atoms with Gasteiger partial charge in [-0.1, -0.05) is 36.4 Å². The summed E-state index contributed by atoms with van der Waals surface area (Å²) in [6, 6.07) is 18.7. The summed E-state index contributed by atoms with van der Waals surface area (Å²) in [6.45, 7) is 5.27. The number of hydrogen-bond donors (Lipinski definition) is 1. The molecule has 0 radical (unpaired) electrons. The Hall–Kier alpha value is -3.61. The number of anilines is 1. The molecule has 3 aromatic carbocycles. The molecule has 0 saturated carbocycles. The molecule has 0 bridgehead atoms. The standard InChI is InChI=1S/C27H26F3NO3/c1-26(2,3)34-25(33)22-16-13-19(10-9-18-11-14-21(15-12-18)27(28,29)30)17-23(22)31-24(32)20-7-5-4-6-8-20/h4-8,11-17H,9-10H2,1-3H3,(H,31,32). The van der Waals surface area contributed by atoms with E-state index in [1.165, 1.54) is 12.1 Å². The highest BCUT2D eigenvalue weighted by Gasteiger charge is 2.30. The Bertz CT molecular complexity index is 1150. The molecule has 7 heteroatoms. The summed E-state index contributed by atoms with van der Waals surface area (Å²) >= 11 is 0. The van der Waals surface area contributed by atoms with Crippen molar-refractivity contribution in [2.75, 3.05) is 5.32 Å². The van der Waals surface area contributed by atoms with E-state index in [2.05, 4.69) is 5.32 Å². The molecule has 4 nitrogen and oxygen atoms in total.